The minimum Gasteiger partial charge on any atom is -0.545 e. The van der Waals surface area contributed by atoms with Gasteiger partial charge in [0.15, 0.2) is 5.67 Å². The van der Waals surface area contributed by atoms with Crippen LogP contribution in [0.5, 0.6) is 0 Å². The third kappa shape index (κ3) is 2.50. The van der Waals surface area contributed by atoms with Gasteiger partial charge in [-0.2, -0.15) is 0 Å². The molecular formula is C11H10ClFLiNO3. The van der Waals surface area contributed by atoms with E-state index in [2.05, 4.69) is 0 Å². The zero-order valence-corrected chi connectivity index (χ0v) is 10.5. The molecule has 0 saturated carbocycles. The number of anilines is 1. The van der Waals surface area contributed by atoms with E-state index in [4.69, 9.17) is 16.7 Å². The average molecular weight is 266 g/mol. The fourth-order valence-corrected chi connectivity index (χ4v) is 2.08. The van der Waals surface area contributed by atoms with Gasteiger partial charge in [0.25, 0.3) is 0 Å². The fraction of sp³-hybridized carbons (Fsp3) is 0.364. The average Bonchev–Trinajstić information content (AvgIpc) is 2.35. The molecular weight excluding hydrogens is 256 g/mol. The number of hydrogen-bond acceptors (Lipinski definition) is 4. The number of aromatic carboxylic acids is 1. The summed E-state index contributed by atoms with van der Waals surface area (Å²) in [6.07, 6.45) is 0. The van der Waals surface area contributed by atoms with Gasteiger partial charge in [-0.3, -0.25) is 0 Å². The second-order valence-corrected chi connectivity index (χ2v) is 4.41. The molecule has 4 nitrogen and oxygen atoms in total. The number of halogens is 2. The predicted molar refractivity (Wildman–Crippen MR) is 58.7 cm³/mol. The molecule has 2 atom stereocenters. The van der Waals surface area contributed by atoms with Crippen LogP contribution in [0.1, 0.15) is 10.4 Å². The Morgan fingerprint density at radius 2 is 2.33 bits per heavy atom. The number of carboxylic acids is 1. The minimum atomic E-state index is -1.83. The zero-order valence-electron chi connectivity index (χ0n) is 9.77. The van der Waals surface area contributed by atoms with Gasteiger partial charge in [0.05, 0.1) is 19.1 Å². The maximum absolute atomic E-state index is 13.7. The van der Waals surface area contributed by atoms with Gasteiger partial charge in [-0.15, -0.1) is 0 Å². The van der Waals surface area contributed by atoms with Gasteiger partial charge in [0.2, 0.25) is 0 Å². The Morgan fingerprint density at radius 3 is 2.83 bits per heavy atom. The number of nitrogens with zero attached hydrogens (tertiary/aromatic N) is 1. The number of carbonyl (C=O) groups is 1. The van der Waals surface area contributed by atoms with Gasteiger partial charge >= 0.3 is 18.9 Å². The molecule has 0 amide bonds. The molecule has 1 aliphatic rings. The van der Waals surface area contributed by atoms with Gasteiger partial charge in [0.1, 0.15) is 5.50 Å². The molecule has 7 heteroatoms. The number of carboxylic acid groups (broad SMARTS) is 1. The third-order valence-electron chi connectivity index (χ3n) is 2.81. The second-order valence-electron chi connectivity index (χ2n) is 3.99. The first kappa shape index (κ1) is 15.3. The molecule has 1 saturated heterocycles. The molecule has 18 heavy (non-hydrogen) atoms. The summed E-state index contributed by atoms with van der Waals surface area (Å²) in [5.74, 6) is -1.30. The van der Waals surface area contributed by atoms with E-state index in [0.29, 0.717) is 5.69 Å². The van der Waals surface area contributed by atoms with Crippen LogP contribution in [0.2, 0.25) is 0 Å². The molecule has 1 fully saturated rings. The van der Waals surface area contributed by atoms with Crippen LogP contribution in [-0.2, 0) is 0 Å². The summed E-state index contributed by atoms with van der Waals surface area (Å²) in [5, 5.41) is 19.5. The van der Waals surface area contributed by atoms with Crippen molar-refractivity contribution >= 4 is 23.3 Å². The van der Waals surface area contributed by atoms with Crippen LogP contribution in [0.15, 0.2) is 24.3 Å². The van der Waals surface area contributed by atoms with Crippen LogP contribution in [0.4, 0.5) is 10.1 Å². The summed E-state index contributed by atoms with van der Waals surface area (Å²) in [4.78, 5) is 12.1. The minimum absolute atomic E-state index is 0. The molecule has 1 aliphatic heterocycles. The topological polar surface area (TPSA) is 63.6 Å². The van der Waals surface area contributed by atoms with E-state index in [-0.39, 0.29) is 31.0 Å². The number of hydrogen-bond donors (Lipinski definition) is 1. The van der Waals surface area contributed by atoms with E-state index in [9.17, 15) is 14.3 Å². The van der Waals surface area contributed by atoms with Gasteiger partial charge in [-0.05, 0) is 17.7 Å². The summed E-state index contributed by atoms with van der Waals surface area (Å²) in [7, 11) is 0. The van der Waals surface area contributed by atoms with E-state index < -0.39 is 23.7 Å². The number of aliphatic hydroxyl groups excluding tert-OH is 1. The van der Waals surface area contributed by atoms with Crippen molar-refractivity contribution in [2.45, 2.75) is 11.2 Å². The third-order valence-corrected chi connectivity index (χ3v) is 3.44. The summed E-state index contributed by atoms with van der Waals surface area (Å²) in [6.45, 7) is -0.716. The quantitative estimate of drug-likeness (QED) is 0.363. The predicted octanol–water partition coefficient (Wildman–Crippen LogP) is -2.86. The van der Waals surface area contributed by atoms with E-state index >= 15 is 0 Å². The monoisotopic (exact) mass is 265 g/mol. The van der Waals surface area contributed by atoms with Crippen LogP contribution < -0.4 is 28.9 Å². The first-order chi connectivity index (χ1) is 7.98. The fourth-order valence-electron chi connectivity index (χ4n) is 1.76. The Hall–Kier alpha value is -0.733. The first-order valence-corrected chi connectivity index (χ1v) is 5.43. The molecule has 1 N–H and O–H groups in total. The van der Waals surface area contributed by atoms with Crippen LogP contribution in [0.3, 0.4) is 0 Å². The van der Waals surface area contributed by atoms with Crippen molar-refractivity contribution in [1.82, 2.24) is 0 Å². The molecule has 0 aromatic heterocycles. The molecule has 1 heterocycles. The number of alkyl halides is 2. The van der Waals surface area contributed by atoms with Gasteiger partial charge < -0.3 is 19.9 Å². The zero-order chi connectivity index (χ0) is 12.6. The van der Waals surface area contributed by atoms with Gasteiger partial charge in [-0.1, -0.05) is 23.7 Å². The molecule has 0 aliphatic carbocycles. The summed E-state index contributed by atoms with van der Waals surface area (Å²) < 4.78 is 13.7. The maximum atomic E-state index is 13.7. The van der Waals surface area contributed by atoms with Crippen molar-refractivity contribution in [3.8, 4) is 0 Å². The summed E-state index contributed by atoms with van der Waals surface area (Å²) in [5.41, 5.74) is -2.33. The normalized spacial score (nSPS) is 26.2. The van der Waals surface area contributed by atoms with Crippen LogP contribution in [0, 0.1) is 0 Å². The number of rotatable bonds is 3. The van der Waals surface area contributed by atoms with E-state index in [1.54, 1.807) is 6.07 Å². The summed E-state index contributed by atoms with van der Waals surface area (Å²) >= 11 is 5.82. The van der Waals surface area contributed by atoms with Crippen molar-refractivity contribution in [2.24, 2.45) is 0 Å². The standard InChI is InChI=1S/C11H11ClFNO3.Li/c12-10-11(13,6-15)5-14(10)8-3-1-2-7(4-8)9(16)17;/h1-4,10,15H,5-6H2,(H,16,17);/q;+1/p-1. The van der Waals surface area contributed by atoms with Crippen molar-refractivity contribution in [3.63, 3.8) is 0 Å². The number of benzene rings is 1. The molecule has 1 aromatic rings. The number of aliphatic hydroxyl groups is 1. The van der Waals surface area contributed by atoms with Crippen LogP contribution in [0.25, 0.3) is 0 Å². The SMILES string of the molecule is O=C([O-])c1cccc(N2CC(F)(CO)C2Cl)c1.[Li+]. The summed E-state index contributed by atoms with van der Waals surface area (Å²) in [6, 6.07) is 5.90. The van der Waals surface area contributed by atoms with Crippen molar-refractivity contribution in [2.75, 3.05) is 18.1 Å². The van der Waals surface area contributed by atoms with Crippen LogP contribution in [-0.4, -0.2) is 35.4 Å². The Labute approximate surface area is 121 Å². The molecule has 0 radical (unpaired) electrons. The molecule has 0 bridgehead atoms. The Morgan fingerprint density at radius 1 is 1.67 bits per heavy atom. The maximum Gasteiger partial charge on any atom is 1.00 e. The smallest absolute Gasteiger partial charge is 0.545 e. The molecule has 1 aromatic carbocycles. The van der Waals surface area contributed by atoms with Crippen molar-refractivity contribution in [3.05, 3.63) is 29.8 Å². The van der Waals surface area contributed by atoms with Gasteiger partial charge in [-0.25, -0.2) is 4.39 Å². The first-order valence-electron chi connectivity index (χ1n) is 5.00. The largest absolute Gasteiger partial charge is 1.00 e. The molecule has 0 spiro atoms. The van der Waals surface area contributed by atoms with E-state index in [1.165, 1.54) is 23.1 Å². The molecule has 2 rings (SSSR count). The second kappa shape index (κ2) is 5.50. The molecule has 2 unspecified atom stereocenters. The number of carbonyl (C=O) groups excluding carboxylic acids is 1. The van der Waals surface area contributed by atoms with Crippen molar-refractivity contribution < 1.29 is 38.3 Å². The van der Waals surface area contributed by atoms with Gasteiger partial charge in [0, 0.05) is 5.69 Å². The van der Waals surface area contributed by atoms with Crippen molar-refractivity contribution in [1.29, 1.82) is 0 Å². The molecule has 92 valence electrons. The van der Waals surface area contributed by atoms with E-state index in [0.717, 1.165) is 0 Å². The Bertz CT molecular complexity index is 462. The van der Waals surface area contributed by atoms with Crippen LogP contribution >= 0.6 is 11.6 Å². The van der Waals surface area contributed by atoms with E-state index in [1.807, 2.05) is 0 Å². The Kier molecular flexibility index (Phi) is 4.68. The Balaban J connectivity index is 0.00000162.